The third-order valence-corrected chi connectivity index (χ3v) is 2.27. The van der Waals surface area contributed by atoms with Gasteiger partial charge in [-0.25, -0.2) is 4.98 Å². The number of hydrogen-bond acceptors (Lipinski definition) is 7. The molecule has 0 amide bonds. The third-order valence-electron chi connectivity index (χ3n) is 2.27. The largest absolute Gasteiger partial charge is 0.390 e. The van der Waals surface area contributed by atoms with Gasteiger partial charge >= 0.3 is 6.18 Å². The number of alkyl halides is 3. The van der Waals surface area contributed by atoms with E-state index >= 15 is 0 Å². The Kier molecular flexibility index (Phi) is 4.50. The Hall–Kier alpha value is -2.46. The third kappa shape index (κ3) is 4.54. The molecule has 11 heteroatoms. The molecule has 0 unspecified atom stereocenters. The summed E-state index contributed by atoms with van der Waals surface area (Å²) in [5, 5.41) is 9.26. The molecule has 2 rings (SSSR count). The second-order valence-corrected chi connectivity index (χ2v) is 3.94. The molecule has 114 valence electrons. The Bertz CT molecular complexity index is 568. The lowest BCUT2D eigenvalue weighted by atomic mass is 10.4. The molecule has 0 saturated heterocycles. The van der Waals surface area contributed by atoms with E-state index < -0.39 is 12.6 Å². The molecule has 0 spiro atoms. The van der Waals surface area contributed by atoms with Gasteiger partial charge in [0.1, 0.15) is 12.7 Å². The molecule has 2 aromatic rings. The molecule has 21 heavy (non-hydrogen) atoms. The molecule has 0 aliphatic rings. The Morgan fingerprint density at radius 3 is 2.43 bits per heavy atom. The van der Waals surface area contributed by atoms with Crippen molar-refractivity contribution in [2.75, 3.05) is 23.7 Å². The van der Waals surface area contributed by atoms with Crippen LogP contribution in [0.5, 0.6) is 0 Å². The first-order chi connectivity index (χ1) is 9.98. The van der Waals surface area contributed by atoms with Crippen LogP contribution in [0.2, 0.25) is 0 Å². The average molecular weight is 302 g/mol. The minimum atomic E-state index is -4.24. The highest BCUT2D eigenvalue weighted by molar-refractivity contribution is 5.37. The van der Waals surface area contributed by atoms with E-state index in [-0.39, 0.29) is 24.4 Å². The van der Waals surface area contributed by atoms with Gasteiger partial charge in [0.2, 0.25) is 11.9 Å². The molecule has 8 nitrogen and oxygen atoms in total. The lowest BCUT2D eigenvalue weighted by molar-refractivity contribution is -0.131. The van der Waals surface area contributed by atoms with Gasteiger partial charge in [-0.2, -0.15) is 37.9 Å². The van der Waals surface area contributed by atoms with Crippen LogP contribution in [0.25, 0.3) is 5.95 Å². The molecule has 2 N–H and O–H groups in total. The summed E-state index contributed by atoms with van der Waals surface area (Å²) in [6, 6.07) is 0. The van der Waals surface area contributed by atoms with Crippen LogP contribution >= 0.6 is 0 Å². The molecule has 0 saturated carbocycles. The van der Waals surface area contributed by atoms with Crippen molar-refractivity contribution in [3.05, 3.63) is 12.7 Å². The highest BCUT2D eigenvalue weighted by atomic mass is 19.4. The quantitative estimate of drug-likeness (QED) is 0.829. The highest BCUT2D eigenvalue weighted by Crippen LogP contribution is 2.19. The van der Waals surface area contributed by atoms with Gasteiger partial charge in [0.05, 0.1) is 6.42 Å². The summed E-state index contributed by atoms with van der Waals surface area (Å²) in [4.78, 5) is 15.8. The predicted octanol–water partition coefficient (Wildman–Crippen LogP) is 1.25. The van der Waals surface area contributed by atoms with E-state index in [4.69, 9.17) is 0 Å². The number of halogens is 3. The maximum atomic E-state index is 12.1. The van der Waals surface area contributed by atoms with Crippen molar-refractivity contribution in [1.29, 1.82) is 0 Å². The maximum absolute atomic E-state index is 12.1. The minimum absolute atomic E-state index is 0.0377. The van der Waals surface area contributed by atoms with Gasteiger partial charge in [-0.15, -0.1) is 0 Å². The van der Waals surface area contributed by atoms with Crippen molar-refractivity contribution in [1.82, 2.24) is 29.7 Å². The van der Waals surface area contributed by atoms with Crippen molar-refractivity contribution in [2.24, 2.45) is 0 Å². The van der Waals surface area contributed by atoms with Gasteiger partial charge in [-0.05, 0) is 6.92 Å². The average Bonchev–Trinajstić information content (AvgIpc) is 2.91. The molecular weight excluding hydrogens is 289 g/mol. The molecule has 0 aliphatic heterocycles. The predicted molar refractivity (Wildman–Crippen MR) is 68.1 cm³/mol. The number of aromatic nitrogens is 6. The van der Waals surface area contributed by atoms with Crippen LogP contribution in [0.1, 0.15) is 13.3 Å². The van der Waals surface area contributed by atoms with Crippen LogP contribution in [-0.2, 0) is 0 Å². The second kappa shape index (κ2) is 6.33. The van der Waals surface area contributed by atoms with E-state index in [1.54, 1.807) is 0 Å². The van der Waals surface area contributed by atoms with Crippen molar-refractivity contribution in [3.63, 3.8) is 0 Å². The first kappa shape index (κ1) is 14.9. The van der Waals surface area contributed by atoms with Gasteiger partial charge in [-0.3, -0.25) is 0 Å². The van der Waals surface area contributed by atoms with Gasteiger partial charge < -0.3 is 10.6 Å². The lowest BCUT2D eigenvalue weighted by Crippen LogP contribution is -2.17. The highest BCUT2D eigenvalue weighted by Gasteiger charge is 2.26. The normalized spacial score (nSPS) is 11.4. The van der Waals surface area contributed by atoms with Gasteiger partial charge in [0.25, 0.3) is 5.95 Å². The number of hydrogen-bond donors (Lipinski definition) is 2. The standard InChI is InChI=1S/C10H13F3N8/c1-2-15-7-18-8(16-4-3-10(11,12)13)20-9(19-7)21-6-14-5-17-21/h5-6H,2-4H2,1H3,(H2,15,16,18,19,20). The van der Waals surface area contributed by atoms with E-state index in [9.17, 15) is 13.2 Å². The van der Waals surface area contributed by atoms with Crippen LogP contribution < -0.4 is 10.6 Å². The van der Waals surface area contributed by atoms with Crippen LogP contribution in [0.3, 0.4) is 0 Å². The summed E-state index contributed by atoms with van der Waals surface area (Å²) >= 11 is 0. The number of rotatable bonds is 6. The zero-order valence-corrected chi connectivity index (χ0v) is 11.1. The summed E-state index contributed by atoms with van der Waals surface area (Å²) in [7, 11) is 0. The Morgan fingerprint density at radius 1 is 1.14 bits per heavy atom. The summed E-state index contributed by atoms with van der Waals surface area (Å²) in [6.45, 7) is 2.08. The van der Waals surface area contributed by atoms with Crippen LogP contribution in [0.15, 0.2) is 12.7 Å². The Balaban J connectivity index is 2.16. The summed E-state index contributed by atoms with van der Waals surface area (Å²) < 4.78 is 37.7. The molecule has 2 aromatic heterocycles. The monoisotopic (exact) mass is 302 g/mol. The second-order valence-electron chi connectivity index (χ2n) is 3.94. The topological polar surface area (TPSA) is 93.4 Å². The Labute approximate surface area is 117 Å². The first-order valence-corrected chi connectivity index (χ1v) is 6.13. The fraction of sp³-hybridized carbons (Fsp3) is 0.500. The van der Waals surface area contributed by atoms with E-state index in [2.05, 4.69) is 35.7 Å². The van der Waals surface area contributed by atoms with Crippen molar-refractivity contribution in [3.8, 4) is 5.95 Å². The fourth-order valence-electron chi connectivity index (χ4n) is 1.41. The number of nitrogens with one attached hydrogen (secondary N) is 2. The summed E-state index contributed by atoms with van der Waals surface area (Å²) in [5.74, 6) is 0.441. The zero-order chi connectivity index (χ0) is 15.3. The zero-order valence-electron chi connectivity index (χ0n) is 11.1. The van der Waals surface area contributed by atoms with Crippen molar-refractivity contribution >= 4 is 11.9 Å². The lowest BCUT2D eigenvalue weighted by Gasteiger charge is -2.10. The van der Waals surface area contributed by atoms with E-state index in [1.807, 2.05) is 6.92 Å². The maximum Gasteiger partial charge on any atom is 0.390 e. The van der Waals surface area contributed by atoms with E-state index in [0.717, 1.165) is 0 Å². The molecule has 0 radical (unpaired) electrons. The van der Waals surface area contributed by atoms with Gasteiger partial charge in [0.15, 0.2) is 0 Å². The molecule has 0 bridgehead atoms. The van der Waals surface area contributed by atoms with Crippen molar-refractivity contribution in [2.45, 2.75) is 19.5 Å². The summed E-state index contributed by atoms with van der Waals surface area (Å²) in [5.41, 5.74) is 0. The number of nitrogens with zero attached hydrogens (tertiary/aromatic N) is 6. The van der Waals surface area contributed by atoms with Gasteiger partial charge in [-0.1, -0.05) is 0 Å². The van der Waals surface area contributed by atoms with E-state index in [1.165, 1.54) is 17.3 Å². The summed E-state index contributed by atoms with van der Waals surface area (Å²) in [6.07, 6.45) is -2.54. The van der Waals surface area contributed by atoms with Crippen LogP contribution in [0.4, 0.5) is 25.1 Å². The van der Waals surface area contributed by atoms with Crippen LogP contribution in [0, 0.1) is 0 Å². The van der Waals surface area contributed by atoms with Crippen LogP contribution in [-0.4, -0.2) is 49.0 Å². The number of anilines is 2. The first-order valence-electron chi connectivity index (χ1n) is 6.13. The minimum Gasteiger partial charge on any atom is -0.354 e. The van der Waals surface area contributed by atoms with Crippen molar-refractivity contribution < 1.29 is 13.2 Å². The molecule has 2 heterocycles. The molecular formula is C10H13F3N8. The molecule has 0 atom stereocenters. The van der Waals surface area contributed by atoms with Gasteiger partial charge in [0, 0.05) is 13.1 Å². The fourth-order valence-corrected chi connectivity index (χ4v) is 1.41. The Morgan fingerprint density at radius 2 is 1.86 bits per heavy atom. The SMILES string of the molecule is CCNc1nc(NCCC(F)(F)F)nc(-n2cncn2)n1. The molecule has 0 fully saturated rings. The smallest absolute Gasteiger partial charge is 0.354 e. The molecule has 0 aromatic carbocycles. The van der Waals surface area contributed by atoms with E-state index in [0.29, 0.717) is 6.54 Å². The molecule has 0 aliphatic carbocycles.